The Balaban J connectivity index is 0.000000157. The molecular weight excluding hydrogens is 1060 g/mol. The lowest BCUT2D eigenvalue weighted by atomic mass is 9.80. The van der Waals surface area contributed by atoms with Gasteiger partial charge in [0.1, 0.15) is 28.8 Å². The summed E-state index contributed by atoms with van der Waals surface area (Å²) in [7, 11) is -1.71. The zero-order valence-corrected chi connectivity index (χ0v) is 41.0. The van der Waals surface area contributed by atoms with E-state index in [-0.39, 0.29) is 28.2 Å². The summed E-state index contributed by atoms with van der Waals surface area (Å²) in [5, 5.41) is 17.8. The smallest absolute Gasteiger partial charge is 0.423 e. The minimum absolute atomic E-state index is 0.0260. The quantitative estimate of drug-likeness (QED) is 0.0480. The second-order valence-corrected chi connectivity index (χ2v) is 17.1. The first-order valence-corrected chi connectivity index (χ1v) is 23.3. The molecular formula is C53H42BBrF4IN5O4. The third-order valence-electron chi connectivity index (χ3n) is 10.3. The average Bonchev–Trinajstić information content (AvgIpc) is 3.66. The maximum atomic E-state index is 14.7. The van der Waals surface area contributed by atoms with Crippen molar-refractivity contribution in [2.24, 2.45) is 0 Å². The topological polar surface area (TPSA) is 131 Å². The number of fused-ring (bicyclic) bond motifs is 1. The fourth-order valence-electron chi connectivity index (χ4n) is 6.74. The van der Waals surface area contributed by atoms with Gasteiger partial charge >= 0.3 is 7.12 Å². The van der Waals surface area contributed by atoms with Crippen LogP contribution >= 0.6 is 38.5 Å². The third-order valence-corrected chi connectivity index (χ3v) is 11.7. The predicted octanol–water partition coefficient (Wildman–Crippen LogP) is 11.6. The number of hydrogen-bond acceptors (Lipinski definition) is 8. The van der Waals surface area contributed by atoms with E-state index >= 15 is 0 Å². The standard InChI is InChI=1S/C20H15FIN3.C13H11BrFN.C13H10FNO.C7H6BFO3/c1-13-4-2-5-18(24-13)14-7-8-15(16(21)10-14)11-25-12-17(22)20-19(25)6-3-9-23-20;1-9-3-2-4-13(16-9)10-5-6-11(8-14)12(15)7-10;1-9-3-2-4-13(15-9)10-5-6-11(8-16)12(14)7-10;9-7-3-6(8(11)12)2-1-5(7)4-10/h2-10,12H,11H2,1H3;2-7H,8H2,1H3;2-8H,1H3;1-4,11-12H. The molecule has 9 aromatic rings. The van der Waals surface area contributed by atoms with Crippen LogP contribution in [0.25, 0.3) is 44.8 Å². The number of alkyl halides is 1. The molecule has 0 spiro atoms. The van der Waals surface area contributed by atoms with Gasteiger partial charge in [0, 0.05) is 62.6 Å². The summed E-state index contributed by atoms with van der Waals surface area (Å²) >= 11 is 5.51. The van der Waals surface area contributed by atoms with E-state index in [1.54, 1.807) is 24.4 Å². The van der Waals surface area contributed by atoms with Crippen molar-refractivity contribution in [1.29, 1.82) is 0 Å². The molecule has 0 fully saturated rings. The number of pyridine rings is 4. The molecule has 0 atom stereocenters. The first-order chi connectivity index (χ1) is 33.2. The van der Waals surface area contributed by atoms with E-state index in [0.717, 1.165) is 60.3 Å². The van der Waals surface area contributed by atoms with Crippen LogP contribution in [0.3, 0.4) is 0 Å². The summed E-state index contributed by atoms with van der Waals surface area (Å²) in [6.45, 7) is 6.20. The first kappa shape index (κ1) is 51.7. The summed E-state index contributed by atoms with van der Waals surface area (Å²) < 4.78 is 57.5. The van der Waals surface area contributed by atoms with Crippen LogP contribution in [0.2, 0.25) is 0 Å². The lowest BCUT2D eigenvalue weighted by Gasteiger charge is -2.09. The van der Waals surface area contributed by atoms with Crippen molar-refractivity contribution < 1.29 is 37.2 Å². The number of aromatic nitrogens is 5. The molecule has 0 bridgehead atoms. The Labute approximate surface area is 418 Å². The van der Waals surface area contributed by atoms with Gasteiger partial charge in [0.25, 0.3) is 0 Å². The Kier molecular flexibility index (Phi) is 18.4. The number of carbonyl (C=O) groups excluding carboxylic acids is 2. The number of carbonyl (C=O) groups is 2. The highest BCUT2D eigenvalue weighted by Gasteiger charge is 2.14. The van der Waals surface area contributed by atoms with Gasteiger partial charge in [0.15, 0.2) is 12.6 Å². The zero-order chi connectivity index (χ0) is 49.6. The van der Waals surface area contributed by atoms with E-state index in [9.17, 15) is 27.2 Å². The van der Waals surface area contributed by atoms with Gasteiger partial charge in [-0.3, -0.25) is 29.5 Å². The van der Waals surface area contributed by atoms with E-state index in [1.165, 1.54) is 30.3 Å². The maximum Gasteiger partial charge on any atom is 0.488 e. The van der Waals surface area contributed by atoms with E-state index in [2.05, 4.69) is 58.5 Å². The number of hydrogen-bond donors (Lipinski definition) is 2. The van der Waals surface area contributed by atoms with E-state index in [1.807, 2.05) is 116 Å². The fraction of sp³-hybridized carbons (Fsp3) is 0.0943. The van der Waals surface area contributed by atoms with Crippen LogP contribution < -0.4 is 5.46 Å². The lowest BCUT2D eigenvalue weighted by molar-refractivity contribution is 0.111. The number of nitrogens with zero attached hydrogens (tertiary/aromatic N) is 5. The second-order valence-electron chi connectivity index (χ2n) is 15.3. The molecule has 348 valence electrons. The summed E-state index contributed by atoms with van der Waals surface area (Å²) in [6, 6.07) is 39.3. The molecule has 0 amide bonds. The fourth-order valence-corrected chi connectivity index (χ4v) is 7.94. The van der Waals surface area contributed by atoms with E-state index < -0.39 is 18.8 Å². The second kappa shape index (κ2) is 24.5. The molecule has 16 heteroatoms. The van der Waals surface area contributed by atoms with Crippen molar-refractivity contribution in [3.8, 4) is 33.8 Å². The van der Waals surface area contributed by atoms with Crippen molar-refractivity contribution >= 4 is 74.7 Å². The highest BCUT2D eigenvalue weighted by atomic mass is 127. The first-order valence-electron chi connectivity index (χ1n) is 21.1. The molecule has 4 aromatic carbocycles. The minimum Gasteiger partial charge on any atom is -0.423 e. The Morgan fingerprint density at radius 3 is 1.49 bits per heavy atom. The van der Waals surface area contributed by atoms with E-state index in [0.29, 0.717) is 46.8 Å². The maximum absolute atomic E-state index is 14.7. The highest BCUT2D eigenvalue weighted by molar-refractivity contribution is 14.1. The third kappa shape index (κ3) is 13.9. The Morgan fingerprint density at radius 2 is 1.06 bits per heavy atom. The zero-order valence-electron chi connectivity index (χ0n) is 37.3. The van der Waals surface area contributed by atoms with Crippen LogP contribution in [0.4, 0.5) is 17.6 Å². The molecule has 5 aromatic heterocycles. The van der Waals surface area contributed by atoms with Crippen LogP contribution in [-0.2, 0) is 11.9 Å². The van der Waals surface area contributed by atoms with Crippen molar-refractivity contribution in [3.63, 3.8) is 0 Å². The van der Waals surface area contributed by atoms with Gasteiger partial charge in [-0.2, -0.15) is 0 Å². The molecule has 0 radical (unpaired) electrons. The number of benzene rings is 4. The van der Waals surface area contributed by atoms with Gasteiger partial charge in [-0.1, -0.05) is 70.5 Å². The van der Waals surface area contributed by atoms with Crippen LogP contribution in [-0.4, -0.2) is 54.2 Å². The summed E-state index contributed by atoms with van der Waals surface area (Å²) in [4.78, 5) is 38.1. The Hall–Kier alpha value is -6.73. The average molecular weight is 1110 g/mol. The molecule has 69 heavy (non-hydrogen) atoms. The Morgan fingerprint density at radius 1 is 0.594 bits per heavy atom. The largest absolute Gasteiger partial charge is 0.488 e. The number of aryl methyl sites for hydroxylation is 3. The molecule has 9 nitrogen and oxygen atoms in total. The van der Waals surface area contributed by atoms with Crippen LogP contribution in [0.1, 0.15) is 48.9 Å². The van der Waals surface area contributed by atoms with Crippen molar-refractivity contribution in [1.82, 2.24) is 24.5 Å². The molecule has 5 heterocycles. The number of rotatable bonds is 9. The Bertz CT molecular complexity index is 3250. The van der Waals surface area contributed by atoms with E-state index in [4.69, 9.17) is 10.0 Å². The molecule has 0 aliphatic rings. The van der Waals surface area contributed by atoms with Gasteiger partial charge in [-0.25, -0.2) is 17.6 Å². The predicted molar refractivity (Wildman–Crippen MR) is 274 cm³/mol. The van der Waals surface area contributed by atoms with Crippen LogP contribution in [0, 0.1) is 47.6 Å². The normalized spacial score (nSPS) is 10.5. The minimum atomic E-state index is -1.71. The molecule has 2 N–H and O–H groups in total. The van der Waals surface area contributed by atoms with Gasteiger partial charge in [-0.15, -0.1) is 0 Å². The number of halogens is 6. The molecule has 0 aliphatic carbocycles. The van der Waals surface area contributed by atoms with Crippen molar-refractivity contribution in [3.05, 3.63) is 218 Å². The van der Waals surface area contributed by atoms with Gasteiger partial charge < -0.3 is 14.6 Å². The van der Waals surface area contributed by atoms with Crippen LogP contribution in [0.5, 0.6) is 0 Å². The summed E-state index contributed by atoms with van der Waals surface area (Å²) in [5.74, 6) is -1.69. The monoisotopic (exact) mass is 1110 g/mol. The molecule has 0 unspecified atom stereocenters. The summed E-state index contributed by atoms with van der Waals surface area (Å²) in [5.41, 5.74) is 10.6. The SMILES string of the molecule is Cc1cccc(-c2ccc(C=O)c(F)c2)n1.Cc1cccc(-c2ccc(CBr)c(F)c2)n1.Cc1cccc(-c2ccc(Cn3cc(I)c4ncccc43)c(F)c2)n1.O=Cc1ccc(B(O)O)cc1F. The lowest BCUT2D eigenvalue weighted by Crippen LogP contribution is -2.30. The van der Waals surface area contributed by atoms with Gasteiger partial charge in [0.05, 0.1) is 38.3 Å². The van der Waals surface area contributed by atoms with Crippen molar-refractivity contribution in [2.45, 2.75) is 32.6 Å². The molecule has 9 rings (SSSR count). The van der Waals surface area contributed by atoms with Gasteiger partial charge in [-0.05, 0) is 139 Å². The highest BCUT2D eigenvalue weighted by Crippen LogP contribution is 2.26. The molecule has 0 saturated carbocycles. The molecule has 0 aliphatic heterocycles. The van der Waals surface area contributed by atoms with Gasteiger partial charge in [0.2, 0.25) is 0 Å². The molecule has 0 saturated heterocycles. The van der Waals surface area contributed by atoms with Crippen molar-refractivity contribution in [2.75, 3.05) is 0 Å². The van der Waals surface area contributed by atoms with Crippen LogP contribution in [0.15, 0.2) is 152 Å². The summed E-state index contributed by atoms with van der Waals surface area (Å²) in [6.07, 6.45) is 4.65. The number of aldehydes is 2.